The van der Waals surface area contributed by atoms with Crippen LogP contribution < -0.4 is 16.4 Å². The fourth-order valence-corrected chi connectivity index (χ4v) is 5.36. The van der Waals surface area contributed by atoms with Crippen LogP contribution in [0.5, 0.6) is 0 Å². The highest BCUT2D eigenvalue weighted by molar-refractivity contribution is 5.73. The molecule has 3 aliphatic rings. The van der Waals surface area contributed by atoms with Crippen molar-refractivity contribution in [3.05, 3.63) is 0 Å². The number of methoxy groups -OCH3 is 1. The van der Waals surface area contributed by atoms with Crippen LogP contribution in [0.25, 0.3) is 0 Å². The average Bonchev–Trinajstić information content (AvgIpc) is 2.91. The summed E-state index contributed by atoms with van der Waals surface area (Å²) in [7, 11) is 2.85. The molecule has 3 aliphatic heterocycles. The zero-order valence-corrected chi connectivity index (χ0v) is 22.4. The van der Waals surface area contributed by atoms with Gasteiger partial charge < -0.3 is 75.4 Å². The van der Waals surface area contributed by atoms with Crippen LogP contribution in [-0.4, -0.2) is 162 Å². The van der Waals surface area contributed by atoms with E-state index in [0.717, 1.165) is 0 Å². The number of nitrogens with two attached hydrogens (primary N) is 1. The van der Waals surface area contributed by atoms with Crippen LogP contribution in [0.1, 0.15) is 21.3 Å². The molecule has 236 valence electrons. The maximum absolute atomic E-state index is 11.7. The van der Waals surface area contributed by atoms with Crippen molar-refractivity contribution in [3.63, 3.8) is 0 Å². The van der Waals surface area contributed by atoms with Crippen LogP contribution >= 0.6 is 0 Å². The van der Waals surface area contributed by atoms with Crippen molar-refractivity contribution in [2.75, 3.05) is 34.0 Å². The lowest BCUT2D eigenvalue weighted by Crippen LogP contribution is -2.70. The molecule has 3 saturated heterocycles. The molecule has 0 bridgehead atoms. The summed E-state index contributed by atoms with van der Waals surface area (Å²) in [6, 6.07) is -2.97. The van der Waals surface area contributed by atoms with Crippen LogP contribution in [0.4, 0.5) is 0 Å². The van der Waals surface area contributed by atoms with Gasteiger partial charge >= 0.3 is 0 Å². The average molecular weight is 586 g/mol. The van der Waals surface area contributed by atoms with Gasteiger partial charge in [-0.2, -0.15) is 0 Å². The van der Waals surface area contributed by atoms with Crippen LogP contribution in [0.3, 0.4) is 0 Å². The first-order valence-electron chi connectivity index (χ1n) is 12.9. The third-order valence-electron chi connectivity index (χ3n) is 7.46. The van der Waals surface area contributed by atoms with Gasteiger partial charge in [0.15, 0.2) is 12.6 Å². The molecule has 40 heavy (non-hydrogen) atoms. The predicted octanol–water partition coefficient (Wildman–Crippen LogP) is -4.88. The first-order chi connectivity index (χ1) is 18.5. The number of nitrogens with one attached hydrogen (secondary N) is 2. The van der Waals surface area contributed by atoms with Gasteiger partial charge in [-0.25, -0.2) is 0 Å². The van der Waals surface area contributed by atoms with Crippen molar-refractivity contribution >= 4 is 5.91 Å². The Morgan fingerprint density at radius 3 is 1.80 bits per heavy atom. The zero-order chi connectivity index (χ0) is 29.0. The molecule has 0 radical (unpaired) electrons. The van der Waals surface area contributed by atoms with E-state index in [1.165, 1.54) is 21.1 Å². The minimum absolute atomic E-state index is 0. The highest BCUT2D eigenvalue weighted by Crippen LogP contribution is 2.32. The molecule has 3 rings (SSSR count). The van der Waals surface area contributed by atoms with E-state index in [1.54, 1.807) is 6.92 Å². The Morgan fingerprint density at radius 2 is 1.30 bits per heavy atom. The summed E-state index contributed by atoms with van der Waals surface area (Å²) in [6.07, 6.45) is -13.7. The van der Waals surface area contributed by atoms with Crippen molar-refractivity contribution in [1.29, 1.82) is 0 Å². The number of carbonyl (C=O) groups excluding carboxylic acids is 1. The summed E-state index contributed by atoms with van der Waals surface area (Å²) in [4.78, 5) is 11.7. The van der Waals surface area contributed by atoms with E-state index in [-0.39, 0.29) is 7.43 Å². The molecule has 16 heteroatoms. The molecule has 10 N–H and O–H groups in total. The second-order valence-corrected chi connectivity index (χ2v) is 10.0. The van der Waals surface area contributed by atoms with Crippen LogP contribution in [-0.2, 0) is 33.2 Å². The minimum atomic E-state index is -1.40. The smallest absolute Gasteiger partial charge is 0.217 e. The van der Waals surface area contributed by atoms with Gasteiger partial charge in [-0.15, -0.1) is 0 Å². The molecule has 0 aromatic heterocycles. The summed E-state index contributed by atoms with van der Waals surface area (Å²) in [5.41, 5.74) is 6.10. The third-order valence-corrected chi connectivity index (χ3v) is 7.46. The Balaban J connectivity index is 0.00000560. The summed E-state index contributed by atoms with van der Waals surface area (Å²) < 4.78 is 34.5. The Kier molecular flexibility index (Phi) is 13.5. The van der Waals surface area contributed by atoms with Crippen molar-refractivity contribution in [2.45, 2.75) is 113 Å². The molecular formula is C24H47N3O13. The largest absolute Gasteiger partial charge is 0.394 e. The van der Waals surface area contributed by atoms with E-state index in [4.69, 9.17) is 34.2 Å². The quantitative estimate of drug-likeness (QED) is 0.117. The fourth-order valence-electron chi connectivity index (χ4n) is 5.36. The number of carbonyl (C=O) groups is 1. The van der Waals surface area contributed by atoms with E-state index in [2.05, 4.69) is 10.6 Å². The summed E-state index contributed by atoms with van der Waals surface area (Å²) in [5.74, 6) is -0.401. The Morgan fingerprint density at radius 1 is 0.825 bits per heavy atom. The third kappa shape index (κ3) is 7.27. The van der Waals surface area contributed by atoms with Crippen molar-refractivity contribution < 1.29 is 63.9 Å². The molecule has 0 saturated carbocycles. The first kappa shape index (κ1) is 35.1. The fraction of sp³-hybridized carbons (Fsp3) is 0.958. The second-order valence-electron chi connectivity index (χ2n) is 10.0. The highest BCUT2D eigenvalue weighted by Gasteiger charge is 2.53. The van der Waals surface area contributed by atoms with Gasteiger partial charge in [0, 0.05) is 14.0 Å². The van der Waals surface area contributed by atoms with Gasteiger partial charge in [0.1, 0.15) is 54.9 Å². The number of aliphatic hydroxyl groups excluding tert-OH is 6. The van der Waals surface area contributed by atoms with Crippen LogP contribution in [0.15, 0.2) is 0 Å². The van der Waals surface area contributed by atoms with E-state index in [0.29, 0.717) is 0 Å². The number of amides is 1. The molecule has 0 aromatic carbocycles. The van der Waals surface area contributed by atoms with Crippen molar-refractivity contribution in [1.82, 2.24) is 10.6 Å². The molecule has 3 fully saturated rings. The predicted molar refractivity (Wildman–Crippen MR) is 137 cm³/mol. The van der Waals surface area contributed by atoms with Crippen molar-refractivity contribution in [2.24, 2.45) is 5.73 Å². The molecule has 0 spiro atoms. The Hall–Kier alpha value is -1.09. The topological polar surface area (TPSA) is 244 Å². The van der Waals surface area contributed by atoms with Crippen LogP contribution in [0.2, 0.25) is 0 Å². The summed E-state index contributed by atoms with van der Waals surface area (Å²) >= 11 is 0. The molecule has 1 amide bonds. The maximum atomic E-state index is 11.7. The number of ether oxygens (including phenoxy) is 6. The number of rotatable bonds is 10. The first-order valence-corrected chi connectivity index (χ1v) is 12.9. The number of hydrogen-bond donors (Lipinski definition) is 9. The number of likely N-dealkylation sites (N-methyl/N-ethyl adjacent to an activating group) is 1. The Labute approximate surface area is 233 Å². The van der Waals surface area contributed by atoms with E-state index < -0.39 is 117 Å². The van der Waals surface area contributed by atoms with E-state index >= 15 is 0 Å². The van der Waals surface area contributed by atoms with Gasteiger partial charge in [-0.1, -0.05) is 7.43 Å². The Bertz CT molecular complexity index is 782. The minimum Gasteiger partial charge on any atom is -0.394 e. The molecule has 15 atom stereocenters. The zero-order valence-electron chi connectivity index (χ0n) is 22.4. The lowest BCUT2D eigenvalue weighted by atomic mass is 9.92. The normalized spacial score (nSPS) is 45.9. The van der Waals surface area contributed by atoms with Crippen molar-refractivity contribution in [3.8, 4) is 0 Å². The molecule has 0 aliphatic carbocycles. The molecule has 0 aromatic rings. The molecule has 16 nitrogen and oxygen atoms in total. The molecule has 3 heterocycles. The van der Waals surface area contributed by atoms with Gasteiger partial charge in [-0.05, 0) is 14.0 Å². The highest BCUT2D eigenvalue weighted by atomic mass is 16.7. The van der Waals surface area contributed by atoms with E-state index in [9.17, 15) is 35.4 Å². The van der Waals surface area contributed by atoms with Gasteiger partial charge in [-0.3, -0.25) is 4.79 Å². The monoisotopic (exact) mass is 585 g/mol. The van der Waals surface area contributed by atoms with Gasteiger partial charge in [0.2, 0.25) is 5.91 Å². The standard InChI is InChI=1S/C23H43N3O13.CH4/c1-8-14(26-9(2)30)17(32)20(11(6-28)35-8)39-23-15(25-3)18(33)21(12(7-29)37-23)38-22-13(24)16(31)19(34-4)10(5-27)36-22;/h8,10-23,25,27-29,31-33H,5-7,24H2,1-4H3,(H,26,30);1H4. The lowest BCUT2D eigenvalue weighted by Gasteiger charge is -2.50. The summed E-state index contributed by atoms with van der Waals surface area (Å²) in [5, 5.41) is 67.9. The summed E-state index contributed by atoms with van der Waals surface area (Å²) in [6.45, 7) is 1.28. The molecule has 15 unspecified atom stereocenters. The van der Waals surface area contributed by atoms with Gasteiger partial charge in [0.05, 0.1) is 44.1 Å². The number of aliphatic hydroxyl groups is 6. The number of hydrogen-bond acceptors (Lipinski definition) is 15. The second kappa shape index (κ2) is 15.4. The SMILES string of the molecule is C.CNC1C(OC2C(CO)OC(C)C(NC(C)=O)C2O)OC(CO)C(OC2OC(CO)C(OC)C(O)C2N)C1O. The van der Waals surface area contributed by atoms with E-state index in [1.807, 2.05) is 0 Å². The van der Waals surface area contributed by atoms with Crippen LogP contribution in [0, 0.1) is 0 Å². The maximum Gasteiger partial charge on any atom is 0.217 e. The molecular weight excluding hydrogens is 538 g/mol. The lowest BCUT2D eigenvalue weighted by molar-refractivity contribution is -0.346. The van der Waals surface area contributed by atoms with Gasteiger partial charge in [0.25, 0.3) is 0 Å².